The van der Waals surface area contributed by atoms with Crippen molar-refractivity contribution in [1.82, 2.24) is 23.4 Å². The van der Waals surface area contributed by atoms with Crippen LogP contribution >= 0.6 is 0 Å². The van der Waals surface area contributed by atoms with Crippen LogP contribution in [0.15, 0.2) is 18.2 Å². The molecule has 32 heavy (non-hydrogen) atoms. The first-order chi connectivity index (χ1) is 15.0. The number of amides is 2. The van der Waals surface area contributed by atoms with Crippen molar-refractivity contribution in [3.63, 3.8) is 0 Å². The minimum Gasteiger partial charge on any atom is -0.336 e. The van der Waals surface area contributed by atoms with Gasteiger partial charge >= 0.3 is 0 Å². The van der Waals surface area contributed by atoms with Gasteiger partial charge < -0.3 is 9.80 Å². The van der Waals surface area contributed by atoms with E-state index in [1.807, 2.05) is 0 Å². The van der Waals surface area contributed by atoms with Crippen molar-refractivity contribution in [2.45, 2.75) is 12.8 Å². The summed E-state index contributed by atoms with van der Waals surface area (Å²) in [5.41, 5.74) is 0.243. The molecule has 0 atom stereocenters. The van der Waals surface area contributed by atoms with Gasteiger partial charge in [0, 0.05) is 52.4 Å². The van der Waals surface area contributed by atoms with Crippen LogP contribution in [0.5, 0.6) is 0 Å². The van der Waals surface area contributed by atoms with E-state index in [1.165, 1.54) is 20.7 Å². The smallest absolute Gasteiger partial charge is 0.272 e. The number of hydrogen-bond donors (Lipinski definition) is 0. The molecule has 0 unspecified atom stereocenters. The van der Waals surface area contributed by atoms with Crippen LogP contribution < -0.4 is 0 Å². The lowest BCUT2D eigenvalue weighted by atomic mass is 10.2. The van der Waals surface area contributed by atoms with Crippen LogP contribution in [0, 0.1) is 0 Å². The van der Waals surface area contributed by atoms with E-state index >= 15 is 0 Å². The molecule has 0 spiro atoms. The highest BCUT2D eigenvalue weighted by Gasteiger charge is 2.27. The predicted octanol–water partition coefficient (Wildman–Crippen LogP) is -0.703. The Kier molecular flexibility index (Phi) is 7.53. The van der Waals surface area contributed by atoms with E-state index in [-0.39, 0.29) is 49.4 Å². The molecular formula is C19H29N5O6S2. The van der Waals surface area contributed by atoms with E-state index in [4.69, 9.17) is 0 Å². The van der Waals surface area contributed by atoms with Crippen molar-refractivity contribution < 1.29 is 26.4 Å². The van der Waals surface area contributed by atoms with Crippen molar-refractivity contribution >= 4 is 31.9 Å². The monoisotopic (exact) mass is 487 g/mol. The third-order valence-corrected chi connectivity index (χ3v) is 8.22. The maximum atomic E-state index is 13.0. The first kappa shape index (κ1) is 24.6. The van der Waals surface area contributed by atoms with Crippen LogP contribution in [-0.4, -0.2) is 117 Å². The molecule has 13 heteroatoms. The molecule has 11 nitrogen and oxygen atoms in total. The maximum absolute atomic E-state index is 13.0. The molecule has 1 aromatic heterocycles. The molecule has 0 radical (unpaired) electrons. The number of carbonyl (C=O) groups is 2. The lowest BCUT2D eigenvalue weighted by molar-refractivity contribution is 0.0750. The minimum absolute atomic E-state index is 0.122. The largest absolute Gasteiger partial charge is 0.336 e. The lowest BCUT2D eigenvalue weighted by Crippen LogP contribution is -2.38. The highest BCUT2D eigenvalue weighted by Crippen LogP contribution is 2.13. The van der Waals surface area contributed by atoms with E-state index < -0.39 is 20.0 Å². The topological polar surface area (TPSA) is 128 Å². The summed E-state index contributed by atoms with van der Waals surface area (Å²) in [6, 6.07) is 4.66. The van der Waals surface area contributed by atoms with Crippen LogP contribution in [0.25, 0.3) is 0 Å². The molecule has 3 rings (SSSR count). The zero-order valence-electron chi connectivity index (χ0n) is 18.3. The number of nitrogens with zero attached hydrogens (tertiary/aromatic N) is 5. The van der Waals surface area contributed by atoms with Gasteiger partial charge in [0.2, 0.25) is 20.0 Å². The van der Waals surface area contributed by atoms with Gasteiger partial charge in [-0.1, -0.05) is 6.07 Å². The summed E-state index contributed by atoms with van der Waals surface area (Å²) in [6.45, 7) is 2.44. The van der Waals surface area contributed by atoms with Gasteiger partial charge in [-0.15, -0.1) is 0 Å². The van der Waals surface area contributed by atoms with Crippen LogP contribution in [0.2, 0.25) is 0 Å². The summed E-state index contributed by atoms with van der Waals surface area (Å²) in [4.78, 5) is 33.3. The van der Waals surface area contributed by atoms with E-state index in [9.17, 15) is 26.4 Å². The van der Waals surface area contributed by atoms with Crippen molar-refractivity contribution in [2.24, 2.45) is 0 Å². The van der Waals surface area contributed by atoms with Crippen LogP contribution in [0.4, 0.5) is 0 Å². The van der Waals surface area contributed by atoms with Crippen LogP contribution in [0.3, 0.4) is 0 Å². The highest BCUT2D eigenvalue weighted by molar-refractivity contribution is 7.88. The number of aromatic nitrogens is 1. The van der Waals surface area contributed by atoms with Crippen LogP contribution in [-0.2, 0) is 20.0 Å². The van der Waals surface area contributed by atoms with E-state index in [1.54, 1.807) is 15.9 Å². The number of carbonyl (C=O) groups excluding carboxylic acids is 2. The molecule has 2 aliphatic heterocycles. The van der Waals surface area contributed by atoms with Crippen LogP contribution in [0.1, 0.15) is 33.8 Å². The van der Waals surface area contributed by atoms with Gasteiger partial charge in [-0.25, -0.2) is 30.4 Å². The third kappa shape index (κ3) is 6.03. The summed E-state index contributed by atoms with van der Waals surface area (Å²) in [7, 11) is -6.64. The summed E-state index contributed by atoms with van der Waals surface area (Å²) in [6.07, 6.45) is 3.34. The van der Waals surface area contributed by atoms with Gasteiger partial charge in [0.15, 0.2) is 0 Å². The number of rotatable bonds is 4. The second-order valence-electron chi connectivity index (χ2n) is 8.02. The third-order valence-electron chi connectivity index (χ3n) is 5.61. The molecule has 0 bridgehead atoms. The Morgan fingerprint density at radius 3 is 1.47 bits per heavy atom. The average Bonchev–Trinajstić information content (AvgIpc) is 3.13. The molecular weight excluding hydrogens is 458 g/mol. The number of hydrogen-bond acceptors (Lipinski definition) is 7. The van der Waals surface area contributed by atoms with Gasteiger partial charge in [-0.2, -0.15) is 0 Å². The predicted molar refractivity (Wildman–Crippen MR) is 118 cm³/mol. The van der Waals surface area contributed by atoms with Crippen molar-refractivity contribution in [3.05, 3.63) is 29.6 Å². The van der Waals surface area contributed by atoms with E-state index in [0.29, 0.717) is 39.0 Å². The Balaban J connectivity index is 1.69. The molecule has 3 heterocycles. The van der Waals surface area contributed by atoms with Gasteiger partial charge in [0.1, 0.15) is 11.4 Å². The molecule has 0 aromatic carbocycles. The van der Waals surface area contributed by atoms with Crippen molar-refractivity contribution in [3.8, 4) is 0 Å². The fourth-order valence-corrected chi connectivity index (χ4v) is 5.60. The lowest BCUT2D eigenvalue weighted by Gasteiger charge is -2.22. The second-order valence-corrected chi connectivity index (χ2v) is 12.0. The number of pyridine rings is 1. The molecule has 0 aliphatic carbocycles. The molecule has 1 aromatic rings. The molecule has 2 aliphatic rings. The Morgan fingerprint density at radius 1 is 0.688 bits per heavy atom. The van der Waals surface area contributed by atoms with Gasteiger partial charge in [-0.3, -0.25) is 9.59 Å². The SMILES string of the molecule is CS(=O)(=O)N1CCCN(C(=O)c2cccc(C(=O)N3CCCN(S(C)(=O)=O)CC3)n2)CC1. The van der Waals surface area contributed by atoms with E-state index in [0.717, 1.165) is 12.5 Å². The van der Waals surface area contributed by atoms with Gasteiger partial charge in [-0.05, 0) is 25.0 Å². The average molecular weight is 488 g/mol. The molecule has 2 amide bonds. The Labute approximate surface area is 189 Å². The summed E-state index contributed by atoms with van der Waals surface area (Å²) in [5.74, 6) is -0.705. The zero-order chi connectivity index (χ0) is 23.5. The first-order valence-electron chi connectivity index (χ1n) is 10.4. The minimum atomic E-state index is -3.32. The highest BCUT2D eigenvalue weighted by atomic mass is 32.2. The fraction of sp³-hybridized carbons (Fsp3) is 0.632. The fourth-order valence-electron chi connectivity index (χ4n) is 3.85. The molecule has 0 saturated carbocycles. The van der Waals surface area contributed by atoms with Crippen molar-refractivity contribution in [2.75, 3.05) is 64.9 Å². The Morgan fingerprint density at radius 2 is 1.09 bits per heavy atom. The molecule has 2 saturated heterocycles. The second kappa shape index (κ2) is 9.81. The summed E-state index contributed by atoms with van der Waals surface area (Å²) >= 11 is 0. The molecule has 0 N–H and O–H groups in total. The quantitative estimate of drug-likeness (QED) is 0.549. The maximum Gasteiger partial charge on any atom is 0.272 e. The zero-order valence-corrected chi connectivity index (χ0v) is 19.9. The van der Waals surface area contributed by atoms with E-state index in [2.05, 4.69) is 4.98 Å². The number of sulfonamides is 2. The Bertz CT molecular complexity index is 994. The van der Waals surface area contributed by atoms with Crippen molar-refractivity contribution in [1.29, 1.82) is 0 Å². The standard InChI is InChI=1S/C19H29N5O6S2/c1-31(27,28)23-10-4-8-21(12-14-23)18(25)16-6-3-7-17(20-16)19(26)22-9-5-11-24(15-13-22)32(2,29)30/h3,6-7H,4-5,8-15H2,1-2H3. The molecule has 178 valence electrons. The first-order valence-corrected chi connectivity index (χ1v) is 14.1. The summed E-state index contributed by atoms with van der Waals surface area (Å²) < 4.78 is 49.9. The molecule has 2 fully saturated rings. The Hall–Kier alpha value is -2.09. The normalized spacial score (nSPS) is 19.9. The summed E-state index contributed by atoms with van der Waals surface area (Å²) in [5, 5.41) is 0. The van der Waals surface area contributed by atoms with Gasteiger partial charge in [0.05, 0.1) is 12.5 Å². The van der Waals surface area contributed by atoms with Gasteiger partial charge in [0.25, 0.3) is 11.8 Å².